The van der Waals surface area contributed by atoms with Gasteiger partial charge in [-0.1, -0.05) is 6.07 Å². The van der Waals surface area contributed by atoms with E-state index in [1.807, 2.05) is 13.8 Å². The lowest BCUT2D eigenvalue weighted by Crippen LogP contribution is -2.14. The van der Waals surface area contributed by atoms with Crippen LogP contribution in [0.15, 0.2) is 30.3 Å². The fraction of sp³-hybridized carbons (Fsp3) is 0.364. The molecule has 0 heterocycles. The fourth-order valence-electron chi connectivity index (χ4n) is 2.88. The molecule has 0 aliphatic heterocycles. The van der Waals surface area contributed by atoms with Crippen molar-refractivity contribution in [2.75, 3.05) is 7.11 Å². The molecule has 0 spiro atoms. The van der Waals surface area contributed by atoms with Crippen LogP contribution in [0.2, 0.25) is 0 Å². The zero-order chi connectivity index (χ0) is 23.3. The number of ether oxygens (including phenoxy) is 3. The smallest absolute Gasteiger partial charge is 0.338 e. The van der Waals surface area contributed by atoms with Gasteiger partial charge in [0.1, 0.15) is 5.75 Å². The van der Waals surface area contributed by atoms with Crippen LogP contribution >= 0.6 is 0 Å². The van der Waals surface area contributed by atoms with Gasteiger partial charge >= 0.3 is 11.7 Å². The number of phenols is 1. The summed E-state index contributed by atoms with van der Waals surface area (Å²) < 4.78 is 16.0. The Kier molecular flexibility index (Phi) is 7.57. The minimum Gasteiger partial charge on any atom is -0.499 e. The number of hydrogen-bond acceptors (Lipinski definition) is 8. The molecule has 9 nitrogen and oxygen atoms in total. The molecule has 2 rings (SSSR count). The molecule has 0 saturated heterocycles. The molecule has 0 amide bonds. The number of aromatic hydroxyl groups is 1. The van der Waals surface area contributed by atoms with Crippen LogP contribution < -0.4 is 9.47 Å². The molecular formula is C22H25NO8. The van der Waals surface area contributed by atoms with Gasteiger partial charge in [0.05, 0.1) is 35.4 Å². The Morgan fingerprint density at radius 3 is 2.32 bits per heavy atom. The van der Waals surface area contributed by atoms with Gasteiger partial charge in [-0.05, 0) is 45.9 Å². The van der Waals surface area contributed by atoms with E-state index in [9.17, 15) is 24.8 Å². The van der Waals surface area contributed by atoms with Crippen LogP contribution in [0.25, 0.3) is 0 Å². The number of esters is 1. The number of phenolic OH excluding ortho intramolecular Hbond substituents is 1. The second kappa shape index (κ2) is 9.92. The normalized spacial score (nSPS) is 10.8. The van der Waals surface area contributed by atoms with E-state index in [2.05, 4.69) is 0 Å². The number of nitrogens with zero attached hydrogens (tertiary/aromatic N) is 1. The molecule has 0 saturated carbocycles. The van der Waals surface area contributed by atoms with Gasteiger partial charge in [0.2, 0.25) is 5.75 Å². The number of carbonyl (C=O) groups is 2. The van der Waals surface area contributed by atoms with Crippen LogP contribution in [0.4, 0.5) is 5.69 Å². The lowest BCUT2D eigenvalue weighted by atomic mass is 9.99. The number of hydrogen-bond donors (Lipinski definition) is 1. The molecule has 0 radical (unpaired) electrons. The average molecular weight is 431 g/mol. The zero-order valence-electron chi connectivity index (χ0n) is 18.0. The Bertz CT molecular complexity index is 997. The highest BCUT2D eigenvalue weighted by Gasteiger charge is 2.25. The van der Waals surface area contributed by atoms with E-state index < -0.39 is 28.1 Å². The highest BCUT2D eigenvalue weighted by atomic mass is 16.6. The third kappa shape index (κ3) is 5.71. The molecule has 0 atom stereocenters. The quantitative estimate of drug-likeness (QED) is 0.272. The number of Topliss-reactive ketones (excluding diaryl/α,β-unsaturated/α-hetero) is 1. The Balaban J connectivity index is 2.41. The minimum absolute atomic E-state index is 0.00982. The Morgan fingerprint density at radius 1 is 1.10 bits per heavy atom. The van der Waals surface area contributed by atoms with Crippen molar-refractivity contribution in [1.82, 2.24) is 0 Å². The molecule has 0 aromatic heterocycles. The standard InChI is InChI=1S/C22H25NO8/c1-12(2)30-19-11-15(22(26)31-13(3)4)7-6-14(19)10-18(24)16-8-9-17(23(27)28)20(25)21(16)29-5/h6-9,11-13,25H,10H2,1-5H3. The first kappa shape index (κ1) is 23.7. The van der Waals surface area contributed by atoms with Crippen LogP contribution in [-0.4, -0.2) is 41.1 Å². The highest BCUT2D eigenvalue weighted by Crippen LogP contribution is 2.39. The highest BCUT2D eigenvalue weighted by molar-refractivity contribution is 6.01. The number of rotatable bonds is 9. The third-order valence-electron chi connectivity index (χ3n) is 4.17. The van der Waals surface area contributed by atoms with E-state index in [0.29, 0.717) is 11.3 Å². The van der Waals surface area contributed by atoms with Crippen molar-refractivity contribution in [3.05, 3.63) is 57.1 Å². The summed E-state index contributed by atoms with van der Waals surface area (Å²) in [5.74, 6) is -1.62. The monoisotopic (exact) mass is 431 g/mol. The number of methoxy groups -OCH3 is 1. The number of carbonyl (C=O) groups excluding carboxylic acids is 2. The van der Waals surface area contributed by atoms with Crippen LogP contribution in [0, 0.1) is 10.1 Å². The molecule has 1 N–H and O–H groups in total. The van der Waals surface area contributed by atoms with Crippen LogP contribution in [-0.2, 0) is 11.2 Å². The van der Waals surface area contributed by atoms with Gasteiger partial charge < -0.3 is 19.3 Å². The molecule has 0 aliphatic rings. The molecule has 2 aromatic rings. The molecule has 166 valence electrons. The van der Waals surface area contributed by atoms with Crippen molar-refractivity contribution in [3.63, 3.8) is 0 Å². The van der Waals surface area contributed by atoms with Crippen molar-refractivity contribution < 1.29 is 33.8 Å². The summed E-state index contributed by atoms with van der Waals surface area (Å²) >= 11 is 0. The van der Waals surface area contributed by atoms with Crippen molar-refractivity contribution in [2.45, 2.75) is 46.3 Å². The first-order chi connectivity index (χ1) is 14.5. The van der Waals surface area contributed by atoms with Crippen LogP contribution in [0.3, 0.4) is 0 Å². The summed E-state index contributed by atoms with van der Waals surface area (Å²) in [7, 11) is 1.21. The van der Waals surface area contributed by atoms with Gasteiger partial charge in [-0.2, -0.15) is 0 Å². The second-order valence-electron chi connectivity index (χ2n) is 7.31. The molecule has 0 unspecified atom stereocenters. The first-order valence-electron chi connectivity index (χ1n) is 9.63. The average Bonchev–Trinajstić information content (AvgIpc) is 2.67. The van der Waals surface area contributed by atoms with Gasteiger partial charge in [0.25, 0.3) is 0 Å². The summed E-state index contributed by atoms with van der Waals surface area (Å²) in [6.07, 6.45) is -0.650. The lowest BCUT2D eigenvalue weighted by molar-refractivity contribution is -0.386. The number of ketones is 1. The second-order valence-corrected chi connectivity index (χ2v) is 7.31. The van der Waals surface area contributed by atoms with E-state index in [0.717, 1.165) is 6.07 Å². The SMILES string of the molecule is COc1c(C(=O)Cc2ccc(C(=O)OC(C)C)cc2OC(C)C)ccc([N+](=O)[O-])c1O. The largest absolute Gasteiger partial charge is 0.499 e. The van der Waals surface area contributed by atoms with E-state index in [4.69, 9.17) is 14.2 Å². The van der Waals surface area contributed by atoms with E-state index in [1.165, 1.54) is 25.3 Å². The summed E-state index contributed by atoms with van der Waals surface area (Å²) in [4.78, 5) is 35.4. The van der Waals surface area contributed by atoms with Gasteiger partial charge in [0, 0.05) is 18.1 Å². The summed E-state index contributed by atoms with van der Waals surface area (Å²) in [5, 5.41) is 21.1. The predicted molar refractivity (Wildman–Crippen MR) is 112 cm³/mol. The predicted octanol–water partition coefficient (Wildman–Crippen LogP) is 4.09. The molecule has 0 bridgehead atoms. The summed E-state index contributed by atoms with van der Waals surface area (Å²) in [6.45, 7) is 7.09. The topological polar surface area (TPSA) is 125 Å². The molecule has 31 heavy (non-hydrogen) atoms. The lowest BCUT2D eigenvalue weighted by Gasteiger charge is -2.16. The fourth-order valence-corrected chi connectivity index (χ4v) is 2.88. The van der Waals surface area contributed by atoms with Crippen molar-refractivity contribution in [2.24, 2.45) is 0 Å². The van der Waals surface area contributed by atoms with Gasteiger partial charge in [-0.15, -0.1) is 0 Å². The summed E-state index contributed by atoms with van der Waals surface area (Å²) in [6, 6.07) is 6.91. The molecule has 0 fully saturated rings. The number of nitro groups is 1. The van der Waals surface area contributed by atoms with Crippen molar-refractivity contribution in [3.8, 4) is 17.2 Å². The van der Waals surface area contributed by atoms with E-state index >= 15 is 0 Å². The Morgan fingerprint density at radius 2 is 1.77 bits per heavy atom. The maximum Gasteiger partial charge on any atom is 0.338 e. The van der Waals surface area contributed by atoms with E-state index in [1.54, 1.807) is 19.9 Å². The number of nitro benzene ring substituents is 1. The molecule has 0 aliphatic carbocycles. The third-order valence-corrected chi connectivity index (χ3v) is 4.17. The van der Waals surface area contributed by atoms with E-state index in [-0.39, 0.29) is 35.5 Å². The van der Waals surface area contributed by atoms with Gasteiger partial charge in [-0.3, -0.25) is 14.9 Å². The summed E-state index contributed by atoms with van der Waals surface area (Å²) in [5.41, 5.74) is 0.209. The molecular weight excluding hydrogens is 406 g/mol. The van der Waals surface area contributed by atoms with Crippen LogP contribution in [0.1, 0.15) is 54.0 Å². The van der Waals surface area contributed by atoms with Crippen molar-refractivity contribution in [1.29, 1.82) is 0 Å². The zero-order valence-corrected chi connectivity index (χ0v) is 18.0. The van der Waals surface area contributed by atoms with Gasteiger partial charge in [-0.25, -0.2) is 4.79 Å². The first-order valence-corrected chi connectivity index (χ1v) is 9.63. The number of benzene rings is 2. The minimum atomic E-state index is -0.768. The maximum absolute atomic E-state index is 12.9. The maximum atomic E-state index is 12.9. The Labute approximate surface area is 179 Å². The van der Waals surface area contributed by atoms with Crippen LogP contribution in [0.5, 0.6) is 17.2 Å². The van der Waals surface area contributed by atoms with Gasteiger partial charge in [0.15, 0.2) is 11.5 Å². The molecule has 2 aromatic carbocycles. The molecule has 9 heteroatoms. The van der Waals surface area contributed by atoms with Crippen molar-refractivity contribution >= 4 is 17.4 Å². The Hall–Kier alpha value is -3.62.